The van der Waals surface area contributed by atoms with Crippen molar-refractivity contribution in [2.24, 2.45) is 0 Å². The van der Waals surface area contributed by atoms with E-state index < -0.39 is 15.8 Å². The minimum absolute atomic E-state index is 0.0169. The van der Waals surface area contributed by atoms with Gasteiger partial charge in [0.2, 0.25) is 10.0 Å². The van der Waals surface area contributed by atoms with Crippen molar-refractivity contribution in [2.45, 2.75) is 0 Å². The highest BCUT2D eigenvalue weighted by Crippen LogP contribution is 2.17. The Labute approximate surface area is 128 Å². The lowest BCUT2D eigenvalue weighted by atomic mass is 10.3. The van der Waals surface area contributed by atoms with Crippen molar-refractivity contribution < 1.29 is 22.3 Å². The summed E-state index contributed by atoms with van der Waals surface area (Å²) in [6.07, 6.45) is 0. The highest BCUT2D eigenvalue weighted by atomic mass is 32.2. The molecule has 0 fully saturated rings. The topological polar surface area (TPSA) is 64.6 Å². The number of halogens is 1. The number of ether oxygens (including phenoxy) is 2. The van der Waals surface area contributed by atoms with E-state index in [1.807, 2.05) is 0 Å². The molecule has 5 nitrogen and oxygen atoms in total. The van der Waals surface area contributed by atoms with Crippen LogP contribution in [0.3, 0.4) is 0 Å². The van der Waals surface area contributed by atoms with Crippen LogP contribution in [0.4, 0.5) is 10.1 Å². The predicted molar refractivity (Wildman–Crippen MR) is 82.3 cm³/mol. The Morgan fingerprint density at radius 3 is 2.41 bits per heavy atom. The highest BCUT2D eigenvalue weighted by molar-refractivity contribution is 7.92. The lowest BCUT2D eigenvalue weighted by molar-refractivity contribution is 0.340. The zero-order chi connectivity index (χ0) is 16.0. The Morgan fingerprint density at radius 2 is 1.77 bits per heavy atom. The minimum Gasteiger partial charge on any atom is -0.497 e. The SMILES string of the molecule is COc1ccc(OCCS(=O)(=O)Nc2cccc(F)c2)cc1. The fraction of sp³-hybridized carbons (Fsp3) is 0.200. The first-order valence-electron chi connectivity index (χ1n) is 6.51. The second-order valence-corrected chi connectivity index (χ2v) is 6.30. The molecule has 2 aromatic carbocycles. The van der Waals surface area contributed by atoms with Gasteiger partial charge in [0.05, 0.1) is 12.8 Å². The quantitative estimate of drug-likeness (QED) is 0.850. The van der Waals surface area contributed by atoms with Crippen molar-refractivity contribution in [1.82, 2.24) is 0 Å². The van der Waals surface area contributed by atoms with E-state index in [1.165, 1.54) is 18.2 Å². The third kappa shape index (κ3) is 4.92. The first-order valence-corrected chi connectivity index (χ1v) is 8.17. The van der Waals surface area contributed by atoms with E-state index in [0.717, 1.165) is 6.07 Å². The van der Waals surface area contributed by atoms with Crippen LogP contribution in [0.2, 0.25) is 0 Å². The van der Waals surface area contributed by atoms with Crippen molar-refractivity contribution in [3.05, 3.63) is 54.3 Å². The van der Waals surface area contributed by atoms with Crippen LogP contribution >= 0.6 is 0 Å². The number of hydrogen-bond donors (Lipinski definition) is 1. The molecule has 118 valence electrons. The largest absolute Gasteiger partial charge is 0.497 e. The van der Waals surface area contributed by atoms with Gasteiger partial charge < -0.3 is 9.47 Å². The van der Waals surface area contributed by atoms with E-state index in [1.54, 1.807) is 31.4 Å². The molecule has 22 heavy (non-hydrogen) atoms. The maximum atomic E-state index is 13.0. The Balaban J connectivity index is 1.86. The first kappa shape index (κ1) is 16.1. The van der Waals surface area contributed by atoms with Crippen molar-refractivity contribution in [1.29, 1.82) is 0 Å². The molecule has 0 saturated heterocycles. The van der Waals surface area contributed by atoms with Crippen LogP contribution in [0.1, 0.15) is 0 Å². The maximum absolute atomic E-state index is 13.0. The summed E-state index contributed by atoms with van der Waals surface area (Å²) in [5.41, 5.74) is 0.185. The molecule has 0 saturated carbocycles. The van der Waals surface area contributed by atoms with Crippen LogP contribution in [0.15, 0.2) is 48.5 Å². The fourth-order valence-corrected chi connectivity index (χ4v) is 2.61. The van der Waals surface area contributed by atoms with E-state index in [4.69, 9.17) is 9.47 Å². The average Bonchev–Trinajstić information content (AvgIpc) is 2.47. The summed E-state index contributed by atoms with van der Waals surface area (Å²) in [5, 5.41) is 0. The summed E-state index contributed by atoms with van der Waals surface area (Å²) < 4.78 is 49.4. The predicted octanol–water partition coefficient (Wildman–Crippen LogP) is 2.66. The van der Waals surface area contributed by atoms with E-state index >= 15 is 0 Å². The molecule has 0 aliphatic rings. The van der Waals surface area contributed by atoms with Gasteiger partial charge in [0.15, 0.2) is 0 Å². The summed E-state index contributed by atoms with van der Waals surface area (Å²) in [4.78, 5) is 0. The second-order valence-electron chi connectivity index (χ2n) is 4.46. The molecule has 0 heterocycles. The van der Waals surface area contributed by atoms with Crippen molar-refractivity contribution in [2.75, 3.05) is 24.2 Å². The number of methoxy groups -OCH3 is 1. The first-order chi connectivity index (χ1) is 10.5. The molecule has 0 atom stereocenters. The molecular formula is C15H16FNO4S. The van der Waals surface area contributed by atoms with Gasteiger partial charge >= 0.3 is 0 Å². The average molecular weight is 325 g/mol. The number of hydrogen-bond acceptors (Lipinski definition) is 4. The molecule has 0 aliphatic heterocycles. The Morgan fingerprint density at radius 1 is 1.09 bits per heavy atom. The number of rotatable bonds is 7. The van der Waals surface area contributed by atoms with E-state index in [9.17, 15) is 12.8 Å². The zero-order valence-corrected chi connectivity index (χ0v) is 12.8. The van der Waals surface area contributed by atoms with Crippen LogP contribution in [0.25, 0.3) is 0 Å². The van der Waals surface area contributed by atoms with Gasteiger partial charge in [-0.25, -0.2) is 12.8 Å². The molecule has 0 aromatic heterocycles. The van der Waals surface area contributed by atoms with Gasteiger partial charge in [-0.3, -0.25) is 4.72 Å². The van der Waals surface area contributed by atoms with E-state index in [0.29, 0.717) is 11.5 Å². The van der Waals surface area contributed by atoms with Crippen molar-refractivity contribution >= 4 is 15.7 Å². The number of benzene rings is 2. The van der Waals surface area contributed by atoms with E-state index in [-0.39, 0.29) is 18.0 Å². The Bertz CT molecular complexity index is 717. The Kier molecular flexibility index (Phi) is 5.21. The molecule has 0 unspecified atom stereocenters. The lowest BCUT2D eigenvalue weighted by Gasteiger charge is -2.09. The monoisotopic (exact) mass is 325 g/mol. The summed E-state index contributed by atoms with van der Waals surface area (Å²) in [7, 11) is -2.04. The molecule has 7 heteroatoms. The molecule has 2 aromatic rings. The number of anilines is 1. The molecule has 0 radical (unpaired) electrons. The minimum atomic E-state index is -3.60. The number of sulfonamides is 1. The lowest BCUT2D eigenvalue weighted by Crippen LogP contribution is -2.21. The third-order valence-corrected chi connectivity index (χ3v) is 4.03. The van der Waals surface area contributed by atoms with Crippen LogP contribution < -0.4 is 14.2 Å². The van der Waals surface area contributed by atoms with E-state index in [2.05, 4.69) is 4.72 Å². The molecular weight excluding hydrogens is 309 g/mol. The summed E-state index contributed by atoms with van der Waals surface area (Å²) in [5.74, 6) is 0.486. The zero-order valence-electron chi connectivity index (χ0n) is 12.0. The fourth-order valence-electron chi connectivity index (χ4n) is 1.72. The van der Waals surface area contributed by atoms with Gasteiger partial charge in [0, 0.05) is 0 Å². The standard InChI is InChI=1S/C15H16FNO4S/c1-20-14-5-7-15(8-6-14)21-9-10-22(18,19)17-13-4-2-3-12(16)11-13/h2-8,11,17H,9-10H2,1H3. The van der Waals surface area contributed by atoms with Crippen LogP contribution in [0, 0.1) is 5.82 Å². The van der Waals surface area contributed by atoms with Gasteiger partial charge in [-0.1, -0.05) is 6.07 Å². The highest BCUT2D eigenvalue weighted by Gasteiger charge is 2.11. The molecule has 0 spiro atoms. The summed E-state index contributed by atoms with van der Waals surface area (Å²) >= 11 is 0. The van der Waals surface area contributed by atoms with Crippen LogP contribution in [-0.2, 0) is 10.0 Å². The molecule has 2 rings (SSSR count). The van der Waals surface area contributed by atoms with Gasteiger partial charge in [-0.05, 0) is 42.5 Å². The molecule has 0 aliphatic carbocycles. The van der Waals surface area contributed by atoms with Gasteiger partial charge in [0.25, 0.3) is 0 Å². The molecule has 0 amide bonds. The summed E-state index contributed by atoms with van der Waals surface area (Å²) in [6.45, 7) is -0.0169. The number of nitrogens with one attached hydrogen (secondary N) is 1. The van der Waals surface area contributed by atoms with Crippen LogP contribution in [0.5, 0.6) is 11.5 Å². The van der Waals surface area contributed by atoms with Crippen molar-refractivity contribution in [3.8, 4) is 11.5 Å². The maximum Gasteiger partial charge on any atom is 0.236 e. The van der Waals surface area contributed by atoms with Crippen LogP contribution in [-0.4, -0.2) is 27.9 Å². The van der Waals surface area contributed by atoms with Crippen molar-refractivity contribution in [3.63, 3.8) is 0 Å². The molecule has 0 bridgehead atoms. The van der Waals surface area contributed by atoms with Gasteiger partial charge in [-0.2, -0.15) is 0 Å². The van der Waals surface area contributed by atoms with Gasteiger partial charge in [-0.15, -0.1) is 0 Å². The van der Waals surface area contributed by atoms with Gasteiger partial charge in [0.1, 0.15) is 29.7 Å². The third-order valence-electron chi connectivity index (χ3n) is 2.78. The normalized spacial score (nSPS) is 11.0. The molecule has 1 N–H and O–H groups in total. The Hall–Kier alpha value is -2.28. The summed E-state index contributed by atoms with van der Waals surface area (Å²) in [6, 6.07) is 12.1. The second kappa shape index (κ2) is 7.13. The smallest absolute Gasteiger partial charge is 0.236 e.